The van der Waals surface area contributed by atoms with Gasteiger partial charge in [-0.25, -0.2) is 0 Å². The molecule has 0 aliphatic carbocycles. The second-order valence-electron chi connectivity index (χ2n) is 4.64. The molecule has 4 heteroatoms. The van der Waals surface area contributed by atoms with E-state index in [2.05, 4.69) is 20.9 Å². The van der Waals surface area contributed by atoms with E-state index >= 15 is 0 Å². The SMILES string of the molecule is Cc1c(C(C)(C)O)cnc2c(Cl)cc(Br)cc12. The highest BCUT2D eigenvalue weighted by Crippen LogP contribution is 2.33. The summed E-state index contributed by atoms with van der Waals surface area (Å²) < 4.78 is 0.910. The molecule has 0 unspecified atom stereocenters. The lowest BCUT2D eigenvalue weighted by atomic mass is 9.93. The van der Waals surface area contributed by atoms with Gasteiger partial charge in [0.25, 0.3) is 0 Å². The van der Waals surface area contributed by atoms with Gasteiger partial charge in [-0.15, -0.1) is 0 Å². The van der Waals surface area contributed by atoms with E-state index in [-0.39, 0.29) is 0 Å². The van der Waals surface area contributed by atoms with Crippen LogP contribution in [0, 0.1) is 6.92 Å². The maximum Gasteiger partial charge on any atom is 0.0891 e. The van der Waals surface area contributed by atoms with Crippen molar-refractivity contribution in [1.82, 2.24) is 4.98 Å². The summed E-state index contributed by atoms with van der Waals surface area (Å²) >= 11 is 9.56. The molecule has 0 amide bonds. The van der Waals surface area contributed by atoms with Crippen molar-refractivity contribution in [2.75, 3.05) is 0 Å². The normalized spacial score (nSPS) is 12.1. The van der Waals surface area contributed by atoms with E-state index < -0.39 is 5.60 Å². The third-order valence-electron chi connectivity index (χ3n) is 2.82. The summed E-state index contributed by atoms with van der Waals surface area (Å²) in [5, 5.41) is 11.7. The topological polar surface area (TPSA) is 33.1 Å². The van der Waals surface area contributed by atoms with Crippen LogP contribution in [0.25, 0.3) is 10.9 Å². The summed E-state index contributed by atoms with van der Waals surface area (Å²) in [7, 11) is 0. The molecule has 0 bridgehead atoms. The van der Waals surface area contributed by atoms with E-state index in [1.807, 2.05) is 19.1 Å². The van der Waals surface area contributed by atoms with Crippen molar-refractivity contribution in [3.8, 4) is 0 Å². The molecule has 17 heavy (non-hydrogen) atoms. The molecule has 1 N–H and O–H groups in total. The van der Waals surface area contributed by atoms with Gasteiger partial charge in [0, 0.05) is 21.6 Å². The molecule has 2 aromatic rings. The Balaban J connectivity index is 2.84. The van der Waals surface area contributed by atoms with Crippen molar-refractivity contribution in [2.24, 2.45) is 0 Å². The van der Waals surface area contributed by atoms with Crippen LogP contribution in [-0.2, 0) is 5.60 Å². The van der Waals surface area contributed by atoms with Crippen LogP contribution in [0.2, 0.25) is 5.02 Å². The predicted molar refractivity (Wildman–Crippen MR) is 74.4 cm³/mol. The fourth-order valence-electron chi connectivity index (χ4n) is 1.97. The molecule has 2 rings (SSSR count). The fourth-order valence-corrected chi connectivity index (χ4v) is 2.83. The lowest BCUT2D eigenvalue weighted by Crippen LogP contribution is -2.17. The van der Waals surface area contributed by atoms with E-state index in [9.17, 15) is 5.11 Å². The van der Waals surface area contributed by atoms with Crippen LogP contribution in [0.15, 0.2) is 22.8 Å². The minimum atomic E-state index is -0.903. The first-order valence-corrected chi connectivity index (χ1v) is 6.45. The number of benzene rings is 1. The Kier molecular flexibility index (Phi) is 3.19. The van der Waals surface area contributed by atoms with Gasteiger partial charge in [0.1, 0.15) is 0 Å². The predicted octanol–water partition coefficient (Wildman–Crippen LogP) is 4.19. The number of nitrogens with zero attached hydrogens (tertiary/aromatic N) is 1. The number of rotatable bonds is 1. The van der Waals surface area contributed by atoms with Crippen LogP contribution in [0.5, 0.6) is 0 Å². The number of aliphatic hydroxyl groups is 1. The second kappa shape index (κ2) is 4.23. The highest BCUT2D eigenvalue weighted by Gasteiger charge is 2.20. The Morgan fingerprint density at radius 3 is 2.59 bits per heavy atom. The molecule has 0 fully saturated rings. The molecule has 0 aliphatic rings. The van der Waals surface area contributed by atoms with E-state index in [1.54, 1.807) is 20.0 Å². The zero-order valence-electron chi connectivity index (χ0n) is 9.88. The van der Waals surface area contributed by atoms with Crippen molar-refractivity contribution in [3.63, 3.8) is 0 Å². The Morgan fingerprint density at radius 2 is 2.00 bits per heavy atom. The highest BCUT2D eigenvalue weighted by molar-refractivity contribution is 9.10. The third kappa shape index (κ3) is 2.32. The number of hydrogen-bond donors (Lipinski definition) is 1. The van der Waals surface area contributed by atoms with Crippen molar-refractivity contribution < 1.29 is 5.11 Å². The van der Waals surface area contributed by atoms with Crippen LogP contribution < -0.4 is 0 Å². The summed E-state index contributed by atoms with van der Waals surface area (Å²) in [4.78, 5) is 4.34. The third-order valence-corrected chi connectivity index (χ3v) is 3.56. The summed E-state index contributed by atoms with van der Waals surface area (Å²) in [5.41, 5.74) is 1.69. The number of pyridine rings is 1. The van der Waals surface area contributed by atoms with E-state index in [1.165, 1.54) is 0 Å². The smallest absolute Gasteiger partial charge is 0.0891 e. The molecule has 90 valence electrons. The van der Waals surface area contributed by atoms with Crippen molar-refractivity contribution in [1.29, 1.82) is 0 Å². The fraction of sp³-hybridized carbons (Fsp3) is 0.308. The Hall–Kier alpha value is -0.640. The van der Waals surface area contributed by atoms with Crippen molar-refractivity contribution in [2.45, 2.75) is 26.4 Å². The van der Waals surface area contributed by atoms with Crippen molar-refractivity contribution >= 4 is 38.4 Å². The van der Waals surface area contributed by atoms with Gasteiger partial charge in [0.05, 0.1) is 16.1 Å². The molecule has 1 aromatic carbocycles. The first-order valence-electron chi connectivity index (χ1n) is 5.28. The molecule has 0 saturated heterocycles. The lowest BCUT2D eigenvalue weighted by Gasteiger charge is -2.21. The van der Waals surface area contributed by atoms with Crippen LogP contribution in [0.4, 0.5) is 0 Å². The second-order valence-corrected chi connectivity index (χ2v) is 5.96. The monoisotopic (exact) mass is 313 g/mol. The van der Waals surface area contributed by atoms with Crippen LogP contribution in [-0.4, -0.2) is 10.1 Å². The maximum atomic E-state index is 10.1. The zero-order valence-corrected chi connectivity index (χ0v) is 12.2. The standard InChI is InChI=1S/C13H13BrClNO/c1-7-9-4-8(14)5-11(15)12(9)16-6-10(7)13(2,3)17/h4-6,17H,1-3H3. The summed E-state index contributed by atoms with van der Waals surface area (Å²) in [6, 6.07) is 3.79. The van der Waals surface area contributed by atoms with Gasteiger partial charge >= 0.3 is 0 Å². The highest BCUT2D eigenvalue weighted by atomic mass is 79.9. The number of aromatic nitrogens is 1. The average molecular weight is 315 g/mol. The van der Waals surface area contributed by atoms with Gasteiger partial charge in [-0.3, -0.25) is 4.98 Å². The van der Waals surface area contributed by atoms with Gasteiger partial charge in [-0.2, -0.15) is 0 Å². The lowest BCUT2D eigenvalue weighted by molar-refractivity contribution is 0.0777. The first kappa shape index (κ1) is 12.8. The molecule has 0 spiro atoms. The summed E-state index contributed by atoms with van der Waals surface area (Å²) in [6.45, 7) is 5.48. The molecule has 1 heterocycles. The average Bonchev–Trinajstić information content (AvgIpc) is 2.17. The summed E-state index contributed by atoms with van der Waals surface area (Å²) in [5.74, 6) is 0. The Labute approximate surface area is 114 Å². The first-order chi connectivity index (χ1) is 7.80. The van der Waals surface area contributed by atoms with Gasteiger partial charge < -0.3 is 5.11 Å². The van der Waals surface area contributed by atoms with Gasteiger partial charge in [0.15, 0.2) is 0 Å². The van der Waals surface area contributed by atoms with E-state index in [0.717, 1.165) is 26.5 Å². The summed E-state index contributed by atoms with van der Waals surface area (Å²) in [6.07, 6.45) is 1.69. The Bertz CT molecular complexity index is 590. The van der Waals surface area contributed by atoms with Gasteiger partial charge in [-0.05, 0) is 38.5 Å². The molecule has 0 atom stereocenters. The largest absolute Gasteiger partial charge is 0.386 e. The minimum absolute atomic E-state index is 0.611. The molecule has 0 radical (unpaired) electrons. The zero-order chi connectivity index (χ0) is 12.8. The van der Waals surface area contributed by atoms with Crippen LogP contribution >= 0.6 is 27.5 Å². The minimum Gasteiger partial charge on any atom is -0.386 e. The molecule has 0 aliphatic heterocycles. The molecule has 2 nitrogen and oxygen atoms in total. The van der Waals surface area contributed by atoms with Crippen LogP contribution in [0.1, 0.15) is 25.0 Å². The number of aryl methyl sites for hydroxylation is 1. The van der Waals surface area contributed by atoms with E-state index in [4.69, 9.17) is 11.6 Å². The number of hydrogen-bond acceptors (Lipinski definition) is 2. The Morgan fingerprint density at radius 1 is 1.35 bits per heavy atom. The van der Waals surface area contributed by atoms with Gasteiger partial charge in [-0.1, -0.05) is 27.5 Å². The van der Waals surface area contributed by atoms with E-state index in [0.29, 0.717) is 5.02 Å². The number of fused-ring (bicyclic) bond motifs is 1. The van der Waals surface area contributed by atoms with Gasteiger partial charge in [0.2, 0.25) is 0 Å². The maximum absolute atomic E-state index is 10.1. The van der Waals surface area contributed by atoms with Crippen molar-refractivity contribution in [3.05, 3.63) is 39.0 Å². The quantitative estimate of drug-likeness (QED) is 0.856. The molecular weight excluding hydrogens is 302 g/mol. The molecule has 0 saturated carbocycles. The molecule has 1 aromatic heterocycles. The molecular formula is C13H13BrClNO. The van der Waals surface area contributed by atoms with Crippen LogP contribution in [0.3, 0.4) is 0 Å². The number of halogens is 2.